The Kier molecular flexibility index (Phi) is 4.59. The fraction of sp³-hybridized carbons (Fsp3) is 0.778. The molecule has 0 amide bonds. The SMILES string of the molecule is B[C@H]1C=CC(COC)C(OP(C)(=O)O)C1. The predicted molar refractivity (Wildman–Crippen MR) is 62.0 cm³/mol. The van der Waals surface area contributed by atoms with Crippen molar-refractivity contribution in [3.8, 4) is 0 Å². The second-order valence-corrected chi connectivity index (χ2v) is 5.98. The first-order chi connectivity index (χ1) is 6.92. The highest BCUT2D eigenvalue weighted by Gasteiger charge is 2.29. The van der Waals surface area contributed by atoms with Crippen molar-refractivity contribution in [2.24, 2.45) is 5.92 Å². The molecular formula is C9H18BO4P. The summed E-state index contributed by atoms with van der Waals surface area (Å²) in [4.78, 5) is 9.21. The normalized spacial score (nSPS) is 35.0. The Morgan fingerprint density at radius 2 is 2.27 bits per heavy atom. The highest BCUT2D eigenvalue weighted by atomic mass is 31.2. The van der Waals surface area contributed by atoms with Crippen LogP contribution in [0, 0.1) is 5.92 Å². The highest BCUT2D eigenvalue weighted by Crippen LogP contribution is 2.43. The van der Waals surface area contributed by atoms with Crippen molar-refractivity contribution in [3.63, 3.8) is 0 Å². The maximum Gasteiger partial charge on any atom is 0.325 e. The second kappa shape index (κ2) is 5.31. The van der Waals surface area contributed by atoms with Gasteiger partial charge in [-0.15, -0.1) is 0 Å². The molecule has 4 atom stereocenters. The lowest BCUT2D eigenvalue weighted by Crippen LogP contribution is -2.29. The lowest BCUT2D eigenvalue weighted by atomic mass is 9.75. The maximum atomic E-state index is 11.2. The third-order valence-corrected chi connectivity index (χ3v) is 3.12. The van der Waals surface area contributed by atoms with E-state index in [1.54, 1.807) is 7.11 Å². The summed E-state index contributed by atoms with van der Waals surface area (Å²) in [5, 5.41) is 0. The van der Waals surface area contributed by atoms with Crippen LogP contribution in [0.2, 0.25) is 5.82 Å². The molecule has 0 radical (unpaired) electrons. The molecule has 0 aromatic carbocycles. The zero-order valence-corrected chi connectivity index (χ0v) is 10.3. The number of allylic oxidation sites excluding steroid dienone is 1. The Hall–Kier alpha value is -0.0851. The monoisotopic (exact) mass is 232 g/mol. The molecule has 4 nitrogen and oxygen atoms in total. The van der Waals surface area contributed by atoms with Crippen molar-refractivity contribution in [2.45, 2.75) is 18.3 Å². The highest BCUT2D eigenvalue weighted by molar-refractivity contribution is 7.51. The van der Waals surface area contributed by atoms with Crippen molar-refractivity contribution in [1.29, 1.82) is 0 Å². The third kappa shape index (κ3) is 4.52. The lowest BCUT2D eigenvalue weighted by molar-refractivity contribution is 0.0709. The summed E-state index contributed by atoms with van der Waals surface area (Å²) in [5.74, 6) is 0.460. The summed E-state index contributed by atoms with van der Waals surface area (Å²) in [6, 6.07) is 0. The minimum absolute atomic E-state index is 0.0756. The van der Waals surface area contributed by atoms with Crippen LogP contribution in [0.15, 0.2) is 12.2 Å². The molecule has 1 aliphatic rings. The van der Waals surface area contributed by atoms with E-state index in [1.807, 2.05) is 6.08 Å². The minimum Gasteiger partial charge on any atom is -0.384 e. The zero-order chi connectivity index (χ0) is 11.5. The molecule has 1 N–H and O–H groups in total. The molecule has 15 heavy (non-hydrogen) atoms. The molecule has 3 unspecified atom stereocenters. The molecule has 0 aromatic heterocycles. The van der Waals surface area contributed by atoms with Gasteiger partial charge in [-0.1, -0.05) is 12.2 Å². The van der Waals surface area contributed by atoms with Gasteiger partial charge in [0.15, 0.2) is 0 Å². The van der Waals surface area contributed by atoms with Gasteiger partial charge < -0.3 is 14.2 Å². The summed E-state index contributed by atoms with van der Waals surface area (Å²) < 4.78 is 21.5. The van der Waals surface area contributed by atoms with Crippen molar-refractivity contribution < 1.29 is 18.7 Å². The van der Waals surface area contributed by atoms with Crippen molar-refractivity contribution in [1.82, 2.24) is 0 Å². The van der Waals surface area contributed by atoms with E-state index in [-0.39, 0.29) is 12.0 Å². The molecule has 0 saturated heterocycles. The fourth-order valence-corrected chi connectivity index (χ4v) is 2.55. The van der Waals surface area contributed by atoms with E-state index in [2.05, 4.69) is 13.9 Å². The quantitative estimate of drug-likeness (QED) is 0.443. The molecule has 0 heterocycles. The van der Waals surface area contributed by atoms with E-state index < -0.39 is 7.60 Å². The zero-order valence-electron chi connectivity index (χ0n) is 9.42. The van der Waals surface area contributed by atoms with Gasteiger partial charge in [0.2, 0.25) is 0 Å². The van der Waals surface area contributed by atoms with Crippen LogP contribution in [0.4, 0.5) is 0 Å². The van der Waals surface area contributed by atoms with Crippen molar-refractivity contribution in [3.05, 3.63) is 12.2 Å². The summed E-state index contributed by atoms with van der Waals surface area (Å²) in [7, 11) is 0.271. The summed E-state index contributed by atoms with van der Waals surface area (Å²) >= 11 is 0. The van der Waals surface area contributed by atoms with Gasteiger partial charge in [-0.2, -0.15) is 0 Å². The van der Waals surface area contributed by atoms with Gasteiger partial charge >= 0.3 is 7.60 Å². The van der Waals surface area contributed by atoms with E-state index >= 15 is 0 Å². The Morgan fingerprint density at radius 1 is 1.60 bits per heavy atom. The van der Waals surface area contributed by atoms with Crippen molar-refractivity contribution in [2.75, 3.05) is 20.4 Å². The van der Waals surface area contributed by atoms with E-state index in [1.165, 1.54) is 6.66 Å². The molecule has 0 aromatic rings. The number of hydrogen-bond donors (Lipinski definition) is 1. The largest absolute Gasteiger partial charge is 0.384 e. The third-order valence-electron chi connectivity index (χ3n) is 2.46. The van der Waals surface area contributed by atoms with Crippen LogP contribution < -0.4 is 0 Å². The van der Waals surface area contributed by atoms with Gasteiger partial charge in [0.1, 0.15) is 7.85 Å². The van der Waals surface area contributed by atoms with Crippen LogP contribution in [-0.4, -0.2) is 39.2 Å². The van der Waals surface area contributed by atoms with Crippen LogP contribution in [0.25, 0.3) is 0 Å². The minimum atomic E-state index is -3.41. The number of ether oxygens (including phenoxy) is 1. The van der Waals surface area contributed by atoms with E-state index in [9.17, 15) is 9.46 Å². The van der Waals surface area contributed by atoms with E-state index in [0.717, 1.165) is 6.42 Å². The van der Waals surface area contributed by atoms with E-state index in [0.29, 0.717) is 12.4 Å². The van der Waals surface area contributed by atoms with Crippen LogP contribution >= 0.6 is 7.60 Å². The Morgan fingerprint density at radius 3 is 2.80 bits per heavy atom. The number of hydrogen-bond acceptors (Lipinski definition) is 3. The van der Waals surface area contributed by atoms with Gasteiger partial charge in [0, 0.05) is 19.7 Å². The topological polar surface area (TPSA) is 55.8 Å². The van der Waals surface area contributed by atoms with Crippen LogP contribution in [0.1, 0.15) is 6.42 Å². The summed E-state index contributed by atoms with van der Waals surface area (Å²) in [5.41, 5.74) is 0. The molecule has 1 aliphatic carbocycles. The van der Waals surface area contributed by atoms with Crippen LogP contribution in [0.5, 0.6) is 0 Å². The molecule has 86 valence electrons. The number of methoxy groups -OCH3 is 1. The Labute approximate surface area is 91.6 Å². The molecule has 0 aliphatic heterocycles. The molecule has 1 rings (SSSR count). The van der Waals surface area contributed by atoms with Crippen molar-refractivity contribution >= 4 is 15.4 Å². The van der Waals surface area contributed by atoms with Crippen LogP contribution in [-0.2, 0) is 13.8 Å². The molecule has 0 saturated carbocycles. The molecule has 0 fully saturated rings. The van der Waals surface area contributed by atoms with Gasteiger partial charge in [-0.05, 0) is 12.2 Å². The Bertz CT molecular complexity index is 275. The van der Waals surface area contributed by atoms with Gasteiger partial charge in [0.05, 0.1) is 12.7 Å². The fourth-order valence-electron chi connectivity index (χ4n) is 1.80. The standard InChI is InChI=1S/C9H18BO4P/c1-13-6-7-3-4-8(10)5-9(7)14-15(2,11)12/h3-4,7-9H,5-6,10H2,1-2H3,(H,11,12)/t7?,8-,9?/m0/s1. The first-order valence-electron chi connectivity index (χ1n) is 5.08. The van der Waals surface area contributed by atoms with Crippen LogP contribution in [0.3, 0.4) is 0 Å². The van der Waals surface area contributed by atoms with Gasteiger partial charge in [-0.25, -0.2) is 0 Å². The molecule has 0 spiro atoms. The maximum absolute atomic E-state index is 11.2. The first kappa shape index (κ1) is 13.0. The summed E-state index contributed by atoms with van der Waals surface area (Å²) in [6.07, 6.45) is 4.66. The average Bonchev–Trinajstić information content (AvgIpc) is 2.07. The number of rotatable bonds is 4. The average molecular weight is 232 g/mol. The Balaban J connectivity index is 2.66. The molecule has 6 heteroatoms. The van der Waals surface area contributed by atoms with E-state index in [4.69, 9.17) is 9.26 Å². The molecule has 0 bridgehead atoms. The lowest BCUT2D eigenvalue weighted by Gasteiger charge is -2.30. The van der Waals surface area contributed by atoms with Gasteiger partial charge in [0.25, 0.3) is 0 Å². The predicted octanol–water partition coefficient (Wildman–Crippen LogP) is 0.831. The second-order valence-electron chi connectivity index (χ2n) is 4.16. The summed E-state index contributed by atoms with van der Waals surface area (Å²) in [6.45, 7) is 1.74. The smallest absolute Gasteiger partial charge is 0.325 e. The molecular weight excluding hydrogens is 214 g/mol. The van der Waals surface area contributed by atoms with Gasteiger partial charge in [-0.3, -0.25) is 4.57 Å². The first-order valence-corrected chi connectivity index (χ1v) is 7.11.